The summed E-state index contributed by atoms with van der Waals surface area (Å²) in [6, 6.07) is 0. The number of amides is 2. The van der Waals surface area contributed by atoms with Crippen LogP contribution in [0.1, 0.15) is 40.5 Å². The van der Waals surface area contributed by atoms with E-state index in [9.17, 15) is 14.4 Å². The average molecular weight is 280 g/mol. The molecule has 2 aliphatic heterocycles. The van der Waals surface area contributed by atoms with Crippen LogP contribution in [0.4, 0.5) is 0 Å². The number of likely N-dealkylation sites (tertiary alicyclic amines) is 2. The molecule has 2 bridgehead atoms. The van der Waals surface area contributed by atoms with E-state index in [1.807, 2.05) is 13.8 Å². The van der Waals surface area contributed by atoms with E-state index in [2.05, 4.69) is 0 Å². The molecule has 0 aliphatic carbocycles. The predicted molar refractivity (Wildman–Crippen MR) is 75.0 cm³/mol. The number of carbonyl (C=O) groups is 3. The molecule has 0 aromatic carbocycles. The minimum absolute atomic E-state index is 0.0143. The van der Waals surface area contributed by atoms with Gasteiger partial charge in [-0.05, 0) is 13.3 Å². The number of carbonyl (C=O) groups excluding carboxylic acids is 3. The zero-order valence-corrected chi connectivity index (χ0v) is 12.9. The van der Waals surface area contributed by atoms with Crippen molar-refractivity contribution in [2.45, 2.75) is 40.5 Å². The maximum Gasteiger partial charge on any atom is 0.219 e. The van der Waals surface area contributed by atoms with Gasteiger partial charge < -0.3 is 9.80 Å². The van der Waals surface area contributed by atoms with E-state index in [4.69, 9.17) is 0 Å². The molecule has 2 aliphatic rings. The third kappa shape index (κ3) is 2.23. The summed E-state index contributed by atoms with van der Waals surface area (Å²) >= 11 is 0. The normalized spacial score (nSPS) is 33.3. The smallest absolute Gasteiger partial charge is 0.219 e. The van der Waals surface area contributed by atoms with Crippen molar-refractivity contribution in [2.24, 2.45) is 10.8 Å². The molecule has 20 heavy (non-hydrogen) atoms. The van der Waals surface area contributed by atoms with E-state index in [0.29, 0.717) is 26.2 Å². The number of nitrogens with zero attached hydrogens (tertiary/aromatic N) is 2. The minimum Gasteiger partial charge on any atom is -0.341 e. The van der Waals surface area contributed by atoms with E-state index in [0.717, 1.165) is 12.8 Å². The van der Waals surface area contributed by atoms with E-state index >= 15 is 0 Å². The number of hydrogen-bond acceptors (Lipinski definition) is 3. The Bertz CT molecular complexity index is 432. The van der Waals surface area contributed by atoms with Crippen LogP contribution in [0.2, 0.25) is 0 Å². The maximum absolute atomic E-state index is 12.9. The van der Waals surface area contributed by atoms with Crippen molar-refractivity contribution in [3.05, 3.63) is 0 Å². The van der Waals surface area contributed by atoms with Gasteiger partial charge in [-0.15, -0.1) is 0 Å². The van der Waals surface area contributed by atoms with Gasteiger partial charge in [-0.25, -0.2) is 0 Å². The standard InChI is InChI=1S/C15H24N2O3/c1-5-6-15-9-16(11(2)18)7-14(4,13(15)20)8-17(10-15)12(3)19/h5-10H2,1-4H3. The van der Waals surface area contributed by atoms with Crippen molar-refractivity contribution in [3.8, 4) is 0 Å². The summed E-state index contributed by atoms with van der Waals surface area (Å²) in [5, 5.41) is 0. The Morgan fingerprint density at radius 2 is 1.50 bits per heavy atom. The van der Waals surface area contributed by atoms with Gasteiger partial charge in [-0.3, -0.25) is 14.4 Å². The first kappa shape index (κ1) is 15.0. The van der Waals surface area contributed by atoms with Crippen LogP contribution in [0, 0.1) is 10.8 Å². The zero-order chi connectivity index (χ0) is 15.1. The fraction of sp³-hybridized carbons (Fsp3) is 0.800. The second kappa shape index (κ2) is 4.86. The van der Waals surface area contributed by atoms with E-state index < -0.39 is 10.8 Å². The van der Waals surface area contributed by atoms with Crippen molar-refractivity contribution >= 4 is 17.6 Å². The SMILES string of the molecule is CCCC12CN(C(C)=O)CC(C)(CN(C(C)=O)C1)C2=O. The fourth-order valence-corrected chi connectivity index (χ4v) is 3.91. The summed E-state index contributed by atoms with van der Waals surface area (Å²) in [7, 11) is 0. The Morgan fingerprint density at radius 3 is 1.85 bits per heavy atom. The lowest BCUT2D eigenvalue weighted by Gasteiger charge is -2.56. The second-order valence-electron chi connectivity index (χ2n) is 6.67. The molecule has 2 saturated heterocycles. The van der Waals surface area contributed by atoms with Gasteiger partial charge in [0, 0.05) is 40.0 Å². The Kier molecular flexibility index (Phi) is 3.65. The topological polar surface area (TPSA) is 57.7 Å². The van der Waals surface area contributed by atoms with E-state index in [1.165, 1.54) is 0 Å². The highest BCUT2D eigenvalue weighted by Crippen LogP contribution is 2.45. The molecule has 2 rings (SSSR count). The molecule has 112 valence electrons. The molecule has 5 nitrogen and oxygen atoms in total. The molecule has 0 atom stereocenters. The van der Waals surface area contributed by atoms with Crippen LogP contribution in [-0.2, 0) is 14.4 Å². The average Bonchev–Trinajstić information content (AvgIpc) is 2.32. The summed E-state index contributed by atoms with van der Waals surface area (Å²) in [6.07, 6.45) is 1.61. The van der Waals surface area contributed by atoms with Gasteiger partial charge in [-0.2, -0.15) is 0 Å². The highest BCUT2D eigenvalue weighted by molar-refractivity contribution is 5.95. The number of ketones is 1. The lowest BCUT2D eigenvalue weighted by Crippen LogP contribution is -2.70. The summed E-state index contributed by atoms with van der Waals surface area (Å²) in [6.45, 7) is 8.80. The van der Waals surface area contributed by atoms with Crippen LogP contribution in [0.3, 0.4) is 0 Å². The molecule has 0 N–H and O–H groups in total. The van der Waals surface area contributed by atoms with E-state index in [-0.39, 0.29) is 17.6 Å². The molecule has 0 saturated carbocycles. The number of Topliss-reactive ketones (excluding diaryl/α,β-unsaturated/α-hetero) is 1. The van der Waals surface area contributed by atoms with Gasteiger partial charge in [0.05, 0.1) is 10.8 Å². The monoisotopic (exact) mass is 280 g/mol. The van der Waals surface area contributed by atoms with Gasteiger partial charge in [0.25, 0.3) is 0 Å². The van der Waals surface area contributed by atoms with Crippen LogP contribution in [0.15, 0.2) is 0 Å². The Labute approximate surface area is 120 Å². The van der Waals surface area contributed by atoms with Crippen molar-refractivity contribution in [3.63, 3.8) is 0 Å². The van der Waals surface area contributed by atoms with Crippen molar-refractivity contribution < 1.29 is 14.4 Å². The Morgan fingerprint density at radius 1 is 1.05 bits per heavy atom. The lowest BCUT2D eigenvalue weighted by atomic mass is 9.61. The Hall–Kier alpha value is -1.39. The molecule has 2 heterocycles. The predicted octanol–water partition coefficient (Wildman–Crippen LogP) is 1.07. The number of piperidine rings is 2. The van der Waals surface area contributed by atoms with Gasteiger partial charge in [0.1, 0.15) is 0 Å². The van der Waals surface area contributed by atoms with Crippen molar-refractivity contribution in [1.82, 2.24) is 9.80 Å². The van der Waals surface area contributed by atoms with Crippen molar-refractivity contribution in [1.29, 1.82) is 0 Å². The molecular weight excluding hydrogens is 256 g/mol. The van der Waals surface area contributed by atoms with Gasteiger partial charge in [0.2, 0.25) is 11.8 Å². The highest BCUT2D eigenvalue weighted by Gasteiger charge is 2.58. The number of fused-ring (bicyclic) bond motifs is 2. The number of rotatable bonds is 2. The first-order chi connectivity index (χ1) is 9.24. The van der Waals surface area contributed by atoms with Gasteiger partial charge in [0.15, 0.2) is 5.78 Å². The molecule has 0 unspecified atom stereocenters. The molecule has 0 spiro atoms. The highest BCUT2D eigenvalue weighted by atomic mass is 16.2. The molecule has 0 radical (unpaired) electrons. The molecule has 0 aromatic heterocycles. The second-order valence-corrected chi connectivity index (χ2v) is 6.67. The third-order valence-electron chi connectivity index (χ3n) is 4.72. The summed E-state index contributed by atoms with van der Waals surface area (Å²) < 4.78 is 0. The summed E-state index contributed by atoms with van der Waals surface area (Å²) in [5.74, 6) is 0.266. The fourth-order valence-electron chi connectivity index (χ4n) is 3.91. The maximum atomic E-state index is 12.9. The molecule has 5 heteroatoms. The molecule has 2 amide bonds. The minimum atomic E-state index is -0.622. The molecular formula is C15H24N2O3. The van der Waals surface area contributed by atoms with Gasteiger partial charge >= 0.3 is 0 Å². The summed E-state index contributed by atoms with van der Waals surface area (Å²) in [4.78, 5) is 40.0. The third-order valence-corrected chi connectivity index (χ3v) is 4.72. The Balaban J connectivity index is 2.42. The zero-order valence-electron chi connectivity index (χ0n) is 12.9. The first-order valence-electron chi connectivity index (χ1n) is 7.30. The quantitative estimate of drug-likeness (QED) is 0.760. The van der Waals surface area contributed by atoms with E-state index in [1.54, 1.807) is 23.6 Å². The van der Waals surface area contributed by atoms with Gasteiger partial charge in [-0.1, -0.05) is 13.3 Å². The number of hydrogen-bond donors (Lipinski definition) is 0. The first-order valence-corrected chi connectivity index (χ1v) is 7.30. The van der Waals surface area contributed by atoms with Crippen molar-refractivity contribution in [2.75, 3.05) is 26.2 Å². The van der Waals surface area contributed by atoms with Crippen LogP contribution in [0.5, 0.6) is 0 Å². The van der Waals surface area contributed by atoms with Crippen LogP contribution in [0.25, 0.3) is 0 Å². The summed E-state index contributed by atoms with van der Waals surface area (Å²) in [5.41, 5.74) is -1.19. The lowest BCUT2D eigenvalue weighted by molar-refractivity contribution is -0.167. The molecule has 0 aromatic rings. The van der Waals surface area contributed by atoms with Crippen LogP contribution < -0.4 is 0 Å². The molecule has 2 fully saturated rings. The van der Waals surface area contributed by atoms with Crippen LogP contribution >= 0.6 is 0 Å². The largest absolute Gasteiger partial charge is 0.341 e. The van der Waals surface area contributed by atoms with Crippen LogP contribution in [-0.4, -0.2) is 53.6 Å².